The second-order valence-corrected chi connectivity index (χ2v) is 6.40. The number of rotatable bonds is 6. The van der Waals surface area contributed by atoms with Crippen LogP contribution in [0.2, 0.25) is 5.02 Å². The molecule has 22 heavy (non-hydrogen) atoms. The minimum absolute atomic E-state index is 0.0185. The fourth-order valence-corrected chi connectivity index (χ4v) is 3.04. The topological polar surface area (TPSA) is 79.2 Å². The molecule has 1 aromatic rings. The van der Waals surface area contributed by atoms with Crippen LogP contribution in [-0.4, -0.2) is 46.5 Å². The van der Waals surface area contributed by atoms with Crippen LogP contribution >= 0.6 is 11.6 Å². The minimum Gasteiger partial charge on any atom is -0.396 e. The van der Waals surface area contributed by atoms with Gasteiger partial charge in [-0.1, -0.05) is 17.7 Å². The first-order chi connectivity index (χ1) is 10.4. The molecule has 0 amide bonds. The summed E-state index contributed by atoms with van der Waals surface area (Å²) in [6.45, 7) is 3.38. The lowest BCUT2D eigenvalue weighted by atomic mass is 9.95. The van der Waals surface area contributed by atoms with Crippen molar-refractivity contribution in [2.24, 2.45) is 0 Å². The van der Waals surface area contributed by atoms with E-state index in [0.29, 0.717) is 23.4 Å². The third kappa shape index (κ3) is 4.19. The van der Waals surface area contributed by atoms with Crippen LogP contribution in [-0.2, 0) is 15.9 Å². The lowest BCUT2D eigenvalue weighted by Crippen LogP contribution is -2.28. The van der Waals surface area contributed by atoms with Crippen molar-refractivity contribution in [2.75, 3.05) is 13.2 Å². The highest BCUT2D eigenvalue weighted by atomic mass is 35.5. The van der Waals surface area contributed by atoms with Gasteiger partial charge in [0.1, 0.15) is 6.10 Å². The summed E-state index contributed by atoms with van der Waals surface area (Å²) in [7, 11) is 0. The molecule has 3 unspecified atom stereocenters. The zero-order chi connectivity index (χ0) is 16.3. The van der Waals surface area contributed by atoms with Gasteiger partial charge >= 0.3 is 0 Å². The Morgan fingerprint density at radius 1 is 1.23 bits per heavy atom. The molecule has 0 aliphatic carbocycles. The van der Waals surface area contributed by atoms with Gasteiger partial charge in [-0.3, -0.25) is 0 Å². The van der Waals surface area contributed by atoms with Crippen LogP contribution in [0.3, 0.4) is 0 Å². The van der Waals surface area contributed by atoms with Gasteiger partial charge in [-0.2, -0.15) is 0 Å². The molecule has 6 heteroatoms. The minimum atomic E-state index is -0.782. The second kappa shape index (κ2) is 7.25. The van der Waals surface area contributed by atoms with Crippen LogP contribution in [0.5, 0.6) is 0 Å². The molecule has 1 fully saturated rings. The standard InChI is InChI=1S/C16H23ClO5/c1-16(2)21-14(15(9-19)22-16)8-13(20)12-4-3-11(17)7-10(12)5-6-18/h3-4,7,13-15,18-20H,5-6,8-9H2,1-2H3. The van der Waals surface area contributed by atoms with Crippen LogP contribution in [0.1, 0.15) is 37.5 Å². The lowest BCUT2D eigenvalue weighted by Gasteiger charge is -2.21. The highest BCUT2D eigenvalue weighted by Crippen LogP contribution is 2.34. The summed E-state index contributed by atoms with van der Waals surface area (Å²) < 4.78 is 11.4. The van der Waals surface area contributed by atoms with Crippen molar-refractivity contribution in [3.05, 3.63) is 34.3 Å². The first-order valence-electron chi connectivity index (χ1n) is 7.40. The van der Waals surface area contributed by atoms with Gasteiger partial charge in [-0.15, -0.1) is 0 Å². The fraction of sp³-hybridized carbons (Fsp3) is 0.625. The van der Waals surface area contributed by atoms with Crippen molar-refractivity contribution >= 4 is 11.6 Å². The summed E-state index contributed by atoms with van der Waals surface area (Å²) in [5.74, 6) is -0.772. The average molecular weight is 331 g/mol. The van der Waals surface area contributed by atoms with E-state index in [2.05, 4.69) is 0 Å². The number of hydrogen-bond donors (Lipinski definition) is 3. The second-order valence-electron chi connectivity index (χ2n) is 5.96. The van der Waals surface area contributed by atoms with Crippen LogP contribution in [0, 0.1) is 0 Å². The maximum atomic E-state index is 10.5. The summed E-state index contributed by atoms with van der Waals surface area (Å²) in [4.78, 5) is 0. The molecule has 0 aromatic heterocycles. The molecule has 5 nitrogen and oxygen atoms in total. The van der Waals surface area contributed by atoms with Crippen LogP contribution in [0.25, 0.3) is 0 Å². The van der Waals surface area contributed by atoms with Gasteiger partial charge in [-0.05, 0) is 43.5 Å². The molecule has 124 valence electrons. The average Bonchev–Trinajstić information content (AvgIpc) is 2.73. The first kappa shape index (κ1) is 17.7. The van der Waals surface area contributed by atoms with Crippen molar-refractivity contribution in [3.8, 4) is 0 Å². The van der Waals surface area contributed by atoms with Gasteiger partial charge in [0.25, 0.3) is 0 Å². The number of benzene rings is 1. The molecule has 1 heterocycles. The van der Waals surface area contributed by atoms with Crippen molar-refractivity contribution in [1.29, 1.82) is 0 Å². The van der Waals surface area contributed by atoms with Gasteiger partial charge in [-0.25, -0.2) is 0 Å². The summed E-state index contributed by atoms with van der Waals surface area (Å²) in [5, 5.41) is 29.6. The number of aliphatic hydroxyl groups excluding tert-OH is 3. The van der Waals surface area contributed by atoms with Crippen LogP contribution < -0.4 is 0 Å². The summed E-state index contributed by atoms with van der Waals surface area (Å²) >= 11 is 5.97. The predicted octanol–water partition coefficient (Wildman–Crippen LogP) is 1.81. The quantitative estimate of drug-likeness (QED) is 0.741. The van der Waals surface area contributed by atoms with Gasteiger partial charge in [0.05, 0.1) is 18.8 Å². The molecule has 0 radical (unpaired) electrons. The maximum Gasteiger partial charge on any atom is 0.163 e. The highest BCUT2D eigenvalue weighted by Gasteiger charge is 2.41. The Hall–Kier alpha value is -0.690. The van der Waals surface area contributed by atoms with Crippen molar-refractivity contribution in [2.45, 2.75) is 50.8 Å². The number of hydrogen-bond acceptors (Lipinski definition) is 5. The predicted molar refractivity (Wildman–Crippen MR) is 82.7 cm³/mol. The molecule has 0 spiro atoms. The molecular formula is C16H23ClO5. The third-order valence-corrected chi connectivity index (χ3v) is 4.00. The van der Waals surface area contributed by atoms with E-state index in [1.54, 1.807) is 32.0 Å². The monoisotopic (exact) mass is 330 g/mol. The molecule has 0 saturated carbocycles. The van der Waals surface area contributed by atoms with E-state index in [-0.39, 0.29) is 13.2 Å². The van der Waals surface area contributed by atoms with E-state index in [9.17, 15) is 10.2 Å². The Balaban J connectivity index is 2.13. The maximum absolute atomic E-state index is 10.5. The van der Waals surface area contributed by atoms with E-state index in [1.165, 1.54) is 0 Å². The van der Waals surface area contributed by atoms with Crippen molar-refractivity contribution in [1.82, 2.24) is 0 Å². The van der Waals surface area contributed by atoms with Gasteiger partial charge in [0.2, 0.25) is 0 Å². The molecule has 1 aliphatic heterocycles. The normalized spacial score (nSPS) is 25.4. The Bertz CT molecular complexity index is 505. The Morgan fingerprint density at radius 3 is 2.55 bits per heavy atom. The van der Waals surface area contributed by atoms with E-state index in [4.69, 9.17) is 26.2 Å². The highest BCUT2D eigenvalue weighted by molar-refractivity contribution is 6.30. The molecule has 3 atom stereocenters. The SMILES string of the molecule is CC1(C)OC(CO)C(CC(O)c2ccc(Cl)cc2CCO)O1. The third-order valence-electron chi connectivity index (χ3n) is 3.77. The van der Waals surface area contributed by atoms with Gasteiger partial charge in [0.15, 0.2) is 5.79 Å². The first-order valence-corrected chi connectivity index (χ1v) is 7.78. The lowest BCUT2D eigenvalue weighted by molar-refractivity contribution is -0.150. The number of halogens is 1. The Morgan fingerprint density at radius 2 is 1.91 bits per heavy atom. The molecule has 1 aliphatic rings. The zero-order valence-electron chi connectivity index (χ0n) is 12.8. The molecular weight excluding hydrogens is 308 g/mol. The zero-order valence-corrected chi connectivity index (χ0v) is 13.6. The van der Waals surface area contributed by atoms with E-state index in [1.807, 2.05) is 0 Å². The van der Waals surface area contributed by atoms with E-state index in [0.717, 1.165) is 5.56 Å². The Kier molecular flexibility index (Phi) is 5.82. The molecule has 3 N–H and O–H groups in total. The molecule has 2 rings (SSSR count). The van der Waals surface area contributed by atoms with E-state index < -0.39 is 24.1 Å². The van der Waals surface area contributed by atoms with Crippen LogP contribution in [0.4, 0.5) is 0 Å². The molecule has 0 bridgehead atoms. The molecule has 1 aromatic carbocycles. The van der Waals surface area contributed by atoms with Crippen molar-refractivity contribution < 1.29 is 24.8 Å². The fourth-order valence-electron chi connectivity index (χ4n) is 2.85. The van der Waals surface area contributed by atoms with Gasteiger partial charge in [0, 0.05) is 18.1 Å². The smallest absolute Gasteiger partial charge is 0.163 e. The number of aliphatic hydroxyl groups is 3. The summed E-state index contributed by atoms with van der Waals surface area (Å²) in [6, 6.07) is 5.21. The molecule has 1 saturated heterocycles. The van der Waals surface area contributed by atoms with Crippen LogP contribution in [0.15, 0.2) is 18.2 Å². The van der Waals surface area contributed by atoms with Crippen molar-refractivity contribution in [3.63, 3.8) is 0 Å². The summed E-state index contributed by atoms with van der Waals surface area (Å²) in [5.41, 5.74) is 1.52. The summed E-state index contributed by atoms with van der Waals surface area (Å²) in [6.07, 6.45) is -0.917. The van der Waals surface area contributed by atoms with Gasteiger partial charge < -0.3 is 24.8 Å². The largest absolute Gasteiger partial charge is 0.396 e. The Labute approximate surface area is 135 Å². The van der Waals surface area contributed by atoms with E-state index >= 15 is 0 Å². The number of ether oxygens (including phenoxy) is 2.